The zero-order valence-corrected chi connectivity index (χ0v) is 14.7. The molecule has 4 unspecified atom stereocenters. The van der Waals surface area contributed by atoms with Crippen LogP contribution in [0.15, 0.2) is 33.6 Å². The van der Waals surface area contributed by atoms with Crippen molar-refractivity contribution in [1.29, 1.82) is 0 Å². The minimum absolute atomic E-state index is 0.245. The van der Waals surface area contributed by atoms with E-state index < -0.39 is 10.8 Å². The first-order chi connectivity index (χ1) is 9.65. The highest BCUT2D eigenvalue weighted by Crippen LogP contribution is 2.32. The molecule has 0 amide bonds. The lowest BCUT2D eigenvalue weighted by Crippen LogP contribution is -2.46. The van der Waals surface area contributed by atoms with Crippen LogP contribution in [-0.2, 0) is 10.8 Å². The second-order valence-corrected chi connectivity index (χ2v) is 8.13. The summed E-state index contributed by atoms with van der Waals surface area (Å²) in [5, 5.41) is 3.78. The van der Waals surface area contributed by atoms with Crippen LogP contribution in [0.3, 0.4) is 0 Å². The first-order valence-electron chi connectivity index (χ1n) is 7.55. The summed E-state index contributed by atoms with van der Waals surface area (Å²) in [6, 6.07) is 8.33. The number of benzene rings is 1. The lowest BCUT2D eigenvalue weighted by Gasteiger charge is -2.35. The highest BCUT2D eigenvalue weighted by atomic mass is 79.9. The summed E-state index contributed by atoms with van der Waals surface area (Å²) in [6.45, 7) is 5.33. The molecular weight excluding hydrogens is 334 g/mol. The molecule has 0 bridgehead atoms. The van der Waals surface area contributed by atoms with Crippen molar-refractivity contribution in [3.63, 3.8) is 0 Å². The molecule has 2 rings (SSSR count). The lowest BCUT2D eigenvalue weighted by atomic mass is 9.84. The van der Waals surface area contributed by atoms with Crippen LogP contribution in [0.4, 0.5) is 0 Å². The summed E-state index contributed by atoms with van der Waals surface area (Å²) in [5.74, 6) is 0.731. The predicted octanol–water partition coefficient (Wildman–Crippen LogP) is 4.11. The quantitative estimate of drug-likeness (QED) is 0.858. The second-order valence-electron chi connectivity index (χ2n) is 5.54. The highest BCUT2D eigenvalue weighted by molar-refractivity contribution is 9.10. The molecule has 1 fully saturated rings. The summed E-state index contributed by atoms with van der Waals surface area (Å²) in [6.07, 6.45) is 4.70. The van der Waals surface area contributed by atoms with Crippen molar-refractivity contribution in [1.82, 2.24) is 5.32 Å². The summed E-state index contributed by atoms with van der Waals surface area (Å²) < 4.78 is 14.0. The Kier molecular flexibility index (Phi) is 6.24. The fraction of sp³-hybridized carbons (Fsp3) is 0.625. The van der Waals surface area contributed by atoms with Crippen LogP contribution in [-0.4, -0.2) is 22.0 Å². The van der Waals surface area contributed by atoms with E-state index in [-0.39, 0.29) is 5.25 Å². The minimum Gasteiger partial charge on any atom is -0.313 e. The highest BCUT2D eigenvalue weighted by Gasteiger charge is 2.33. The zero-order valence-electron chi connectivity index (χ0n) is 12.3. The molecule has 4 heteroatoms. The smallest absolute Gasteiger partial charge is 0.0576 e. The van der Waals surface area contributed by atoms with Crippen molar-refractivity contribution in [2.75, 3.05) is 6.54 Å². The Bertz CT molecular complexity index is 448. The Hall–Kier alpha value is -0.190. The maximum absolute atomic E-state index is 12.9. The summed E-state index contributed by atoms with van der Waals surface area (Å²) in [7, 11) is -0.915. The van der Waals surface area contributed by atoms with Gasteiger partial charge in [0.05, 0.1) is 16.0 Å². The molecule has 0 aliphatic heterocycles. The van der Waals surface area contributed by atoms with Crippen molar-refractivity contribution < 1.29 is 4.21 Å². The van der Waals surface area contributed by atoms with Gasteiger partial charge in [0, 0.05) is 15.4 Å². The second kappa shape index (κ2) is 7.71. The molecule has 0 spiro atoms. The van der Waals surface area contributed by atoms with E-state index in [1.165, 1.54) is 12.8 Å². The zero-order chi connectivity index (χ0) is 14.5. The van der Waals surface area contributed by atoms with Crippen molar-refractivity contribution in [2.45, 2.75) is 55.7 Å². The Morgan fingerprint density at radius 2 is 1.95 bits per heavy atom. The number of hydrogen-bond acceptors (Lipinski definition) is 2. The van der Waals surface area contributed by atoms with E-state index in [1.54, 1.807) is 0 Å². The number of halogens is 1. The van der Waals surface area contributed by atoms with Gasteiger partial charge in [-0.05, 0) is 56.0 Å². The van der Waals surface area contributed by atoms with E-state index in [0.717, 1.165) is 34.7 Å². The topological polar surface area (TPSA) is 29.1 Å². The fourth-order valence-electron chi connectivity index (χ4n) is 3.06. The molecule has 112 valence electrons. The van der Waals surface area contributed by atoms with Crippen LogP contribution in [0.2, 0.25) is 0 Å². The van der Waals surface area contributed by atoms with Crippen LogP contribution in [0.5, 0.6) is 0 Å². The van der Waals surface area contributed by atoms with Gasteiger partial charge >= 0.3 is 0 Å². The molecule has 2 nitrogen and oxygen atoms in total. The fourth-order valence-corrected chi connectivity index (χ4v) is 5.05. The monoisotopic (exact) mass is 357 g/mol. The molecule has 4 atom stereocenters. The number of rotatable bonds is 5. The first kappa shape index (κ1) is 16.2. The first-order valence-corrected chi connectivity index (χ1v) is 9.55. The van der Waals surface area contributed by atoms with Gasteiger partial charge < -0.3 is 5.32 Å². The van der Waals surface area contributed by atoms with Gasteiger partial charge in [0.1, 0.15) is 0 Å². The van der Waals surface area contributed by atoms with Gasteiger partial charge in [-0.15, -0.1) is 0 Å². The lowest BCUT2D eigenvalue weighted by molar-refractivity contribution is 0.294. The molecule has 0 heterocycles. The van der Waals surface area contributed by atoms with E-state index in [0.29, 0.717) is 6.04 Å². The van der Waals surface area contributed by atoms with E-state index in [9.17, 15) is 4.21 Å². The van der Waals surface area contributed by atoms with Crippen molar-refractivity contribution in [3.8, 4) is 0 Å². The third kappa shape index (κ3) is 3.92. The molecule has 1 aliphatic carbocycles. The van der Waals surface area contributed by atoms with Gasteiger partial charge in [0.15, 0.2) is 0 Å². The van der Waals surface area contributed by atoms with Crippen LogP contribution in [0.1, 0.15) is 39.5 Å². The normalized spacial score (nSPS) is 28.2. The molecule has 1 aromatic carbocycles. The maximum Gasteiger partial charge on any atom is 0.0576 e. The Balaban J connectivity index is 2.16. The number of hydrogen-bond donors (Lipinski definition) is 1. The van der Waals surface area contributed by atoms with E-state index >= 15 is 0 Å². The van der Waals surface area contributed by atoms with Crippen LogP contribution in [0.25, 0.3) is 0 Å². The standard InChI is InChI=1S/C16H24BrNOS/c1-3-12-5-10-15(18-4-2)16(11-12)20(19)14-8-6-13(17)7-9-14/h6-9,12,15-16,18H,3-5,10-11H2,1-2H3. The van der Waals surface area contributed by atoms with Gasteiger partial charge in [-0.2, -0.15) is 0 Å². The van der Waals surface area contributed by atoms with Gasteiger partial charge in [-0.3, -0.25) is 4.21 Å². The molecule has 0 aromatic heterocycles. The van der Waals surface area contributed by atoms with Gasteiger partial charge in [0.2, 0.25) is 0 Å². The van der Waals surface area contributed by atoms with E-state index in [1.807, 2.05) is 24.3 Å². The molecule has 0 saturated heterocycles. The predicted molar refractivity (Wildman–Crippen MR) is 89.4 cm³/mol. The van der Waals surface area contributed by atoms with Gasteiger partial charge in [-0.25, -0.2) is 0 Å². The molecule has 20 heavy (non-hydrogen) atoms. The molecule has 1 saturated carbocycles. The third-order valence-corrected chi connectivity index (χ3v) is 6.60. The maximum atomic E-state index is 12.9. The van der Waals surface area contributed by atoms with E-state index in [2.05, 4.69) is 35.1 Å². The number of nitrogens with one attached hydrogen (secondary N) is 1. The van der Waals surface area contributed by atoms with Gasteiger partial charge in [-0.1, -0.05) is 36.2 Å². The minimum atomic E-state index is -0.915. The Labute approximate surface area is 133 Å². The molecule has 1 aliphatic rings. The Morgan fingerprint density at radius 3 is 2.55 bits per heavy atom. The third-order valence-electron chi connectivity index (χ3n) is 4.26. The van der Waals surface area contributed by atoms with Crippen molar-refractivity contribution in [2.24, 2.45) is 5.92 Å². The molecule has 1 aromatic rings. The van der Waals surface area contributed by atoms with Crippen LogP contribution < -0.4 is 5.32 Å². The van der Waals surface area contributed by atoms with Crippen LogP contribution >= 0.6 is 15.9 Å². The van der Waals surface area contributed by atoms with Crippen molar-refractivity contribution >= 4 is 26.7 Å². The molecule has 0 radical (unpaired) electrons. The molecular formula is C16H24BrNOS. The summed E-state index contributed by atoms with van der Waals surface area (Å²) >= 11 is 3.44. The van der Waals surface area contributed by atoms with E-state index in [4.69, 9.17) is 0 Å². The van der Waals surface area contributed by atoms with Crippen molar-refractivity contribution in [3.05, 3.63) is 28.7 Å². The Morgan fingerprint density at radius 1 is 1.25 bits per heavy atom. The molecule has 1 N–H and O–H groups in total. The average molecular weight is 358 g/mol. The van der Waals surface area contributed by atoms with Crippen LogP contribution in [0, 0.1) is 5.92 Å². The average Bonchev–Trinajstić information content (AvgIpc) is 2.48. The summed E-state index contributed by atoms with van der Waals surface area (Å²) in [4.78, 5) is 0.956. The SMILES string of the molecule is CCNC1CCC(CC)CC1S(=O)c1ccc(Br)cc1. The largest absolute Gasteiger partial charge is 0.313 e. The van der Waals surface area contributed by atoms with Gasteiger partial charge in [0.25, 0.3) is 0 Å². The summed E-state index contributed by atoms with van der Waals surface area (Å²) in [5.41, 5.74) is 0.